The summed E-state index contributed by atoms with van der Waals surface area (Å²) in [4.78, 5) is 28.5. The minimum absolute atomic E-state index is 0.0216. The molecule has 1 aliphatic rings. The third-order valence-electron chi connectivity index (χ3n) is 4.98. The fourth-order valence-electron chi connectivity index (χ4n) is 3.80. The molecule has 0 saturated carbocycles. The molecule has 4 rings (SSSR count). The average molecular weight is 456 g/mol. The number of rotatable bonds is 5. The summed E-state index contributed by atoms with van der Waals surface area (Å²) in [5.41, 5.74) is 0.0420. The van der Waals surface area contributed by atoms with E-state index in [1.807, 2.05) is 0 Å². The Kier molecular flexibility index (Phi) is 5.35. The lowest BCUT2D eigenvalue weighted by atomic mass is 9.91. The summed E-state index contributed by atoms with van der Waals surface area (Å²) in [5, 5.41) is 11.8. The van der Waals surface area contributed by atoms with Gasteiger partial charge >= 0.3 is 11.9 Å². The van der Waals surface area contributed by atoms with Crippen molar-refractivity contribution >= 4 is 39.1 Å². The number of pyridine rings is 1. The quantitative estimate of drug-likeness (QED) is 0.458. The Morgan fingerprint density at radius 1 is 1.19 bits per heavy atom. The molecular formula is C22H20N2O7S. The molecule has 2 heterocycles. The second-order valence-corrected chi connectivity index (χ2v) is 8.95. The summed E-state index contributed by atoms with van der Waals surface area (Å²) in [6.07, 6.45) is 2.36. The second-order valence-electron chi connectivity index (χ2n) is 7.16. The fourth-order valence-corrected chi connectivity index (χ4v) is 5.37. The molecule has 1 aromatic carbocycles. The average Bonchev–Trinajstić information content (AvgIpc) is 3.10. The van der Waals surface area contributed by atoms with Crippen LogP contribution in [0.5, 0.6) is 0 Å². The third kappa shape index (κ3) is 3.47. The zero-order chi connectivity index (χ0) is 23.1. The largest absolute Gasteiger partial charge is 0.463 e. The maximum Gasteiger partial charge on any atom is 0.334 e. The molecule has 0 bridgehead atoms. The molecule has 0 saturated heterocycles. The normalized spacial score (nSPS) is 18.0. The van der Waals surface area contributed by atoms with E-state index in [-0.39, 0.29) is 34.0 Å². The van der Waals surface area contributed by atoms with Crippen LogP contribution in [0.4, 0.5) is 0 Å². The number of ether oxygens (including phenoxy) is 2. The summed E-state index contributed by atoms with van der Waals surface area (Å²) in [7, 11) is -4.26. The van der Waals surface area contributed by atoms with Gasteiger partial charge in [-0.05, 0) is 37.3 Å². The molecule has 1 unspecified atom stereocenters. The van der Waals surface area contributed by atoms with Crippen molar-refractivity contribution in [2.75, 3.05) is 6.61 Å². The van der Waals surface area contributed by atoms with Gasteiger partial charge in [-0.3, -0.25) is 4.79 Å². The van der Waals surface area contributed by atoms with Crippen LogP contribution in [0, 0.1) is 0 Å². The summed E-state index contributed by atoms with van der Waals surface area (Å²) in [5.74, 6) is -4.01. The molecule has 166 valence electrons. The van der Waals surface area contributed by atoms with E-state index >= 15 is 0 Å². The van der Waals surface area contributed by atoms with Gasteiger partial charge < -0.3 is 14.6 Å². The lowest BCUT2D eigenvalue weighted by molar-refractivity contribution is -0.215. The molecule has 2 aromatic heterocycles. The zero-order valence-electron chi connectivity index (χ0n) is 17.3. The lowest BCUT2D eigenvalue weighted by Gasteiger charge is -2.32. The van der Waals surface area contributed by atoms with E-state index in [2.05, 4.69) is 4.98 Å². The van der Waals surface area contributed by atoms with Crippen LogP contribution < -0.4 is 0 Å². The van der Waals surface area contributed by atoms with Crippen LogP contribution in [0.1, 0.15) is 31.5 Å². The molecule has 0 fully saturated rings. The fraction of sp³-hybridized carbons (Fsp3) is 0.227. The standard InChI is InChI=1S/C22H20N2O7S/c1-3-30-21(26)15-12-18-17-10-7-11-23-20(17)24(19(18)22(27,13-15)31-14(2)25)32(28,29)16-8-5-4-6-9-16/h4-12,27H,3,13H2,1-2H3. The Morgan fingerprint density at radius 3 is 2.56 bits per heavy atom. The van der Waals surface area contributed by atoms with E-state index < -0.39 is 34.2 Å². The third-order valence-corrected chi connectivity index (χ3v) is 6.68. The number of aromatic nitrogens is 2. The molecule has 9 nitrogen and oxygen atoms in total. The van der Waals surface area contributed by atoms with E-state index in [1.165, 1.54) is 24.4 Å². The minimum Gasteiger partial charge on any atom is -0.463 e. The molecule has 0 radical (unpaired) electrons. The Balaban J connectivity index is 2.10. The molecule has 1 N–H and O–H groups in total. The molecular weight excluding hydrogens is 436 g/mol. The van der Waals surface area contributed by atoms with Gasteiger partial charge in [-0.1, -0.05) is 18.2 Å². The van der Waals surface area contributed by atoms with Crippen LogP contribution in [0.15, 0.2) is 59.1 Å². The van der Waals surface area contributed by atoms with Crippen LogP contribution in [-0.4, -0.2) is 41.0 Å². The van der Waals surface area contributed by atoms with Crippen molar-refractivity contribution in [3.05, 3.63) is 65.5 Å². The van der Waals surface area contributed by atoms with Crippen molar-refractivity contribution in [1.29, 1.82) is 0 Å². The maximum absolute atomic E-state index is 13.6. The molecule has 1 aliphatic carbocycles. The molecule has 10 heteroatoms. The van der Waals surface area contributed by atoms with Crippen molar-refractivity contribution in [1.82, 2.24) is 8.96 Å². The second kappa shape index (κ2) is 7.88. The summed E-state index contributed by atoms with van der Waals surface area (Å²) >= 11 is 0. The van der Waals surface area contributed by atoms with Crippen LogP contribution >= 0.6 is 0 Å². The highest BCUT2D eigenvalue weighted by atomic mass is 32.2. The van der Waals surface area contributed by atoms with Crippen molar-refractivity contribution < 1.29 is 32.6 Å². The van der Waals surface area contributed by atoms with Gasteiger partial charge in [0.1, 0.15) is 5.69 Å². The lowest BCUT2D eigenvalue weighted by Crippen LogP contribution is -2.39. The van der Waals surface area contributed by atoms with Crippen LogP contribution in [0.25, 0.3) is 17.1 Å². The number of nitrogens with zero attached hydrogens (tertiary/aromatic N) is 2. The molecule has 1 atom stereocenters. The van der Waals surface area contributed by atoms with E-state index in [9.17, 15) is 23.1 Å². The number of carbonyl (C=O) groups is 2. The summed E-state index contributed by atoms with van der Waals surface area (Å²) in [6.45, 7) is 2.81. The summed E-state index contributed by atoms with van der Waals surface area (Å²) in [6, 6.07) is 10.8. The van der Waals surface area contributed by atoms with Gasteiger partial charge in [-0.15, -0.1) is 0 Å². The zero-order valence-corrected chi connectivity index (χ0v) is 18.1. The molecule has 0 amide bonds. The van der Waals surface area contributed by atoms with Crippen molar-refractivity contribution in [2.24, 2.45) is 0 Å². The van der Waals surface area contributed by atoms with Crippen LogP contribution in [-0.2, 0) is 34.9 Å². The van der Waals surface area contributed by atoms with E-state index in [0.29, 0.717) is 5.39 Å². The van der Waals surface area contributed by atoms with Gasteiger partial charge in [0.25, 0.3) is 15.8 Å². The van der Waals surface area contributed by atoms with Crippen LogP contribution in [0.3, 0.4) is 0 Å². The number of esters is 2. The number of benzene rings is 1. The number of fused-ring (bicyclic) bond motifs is 3. The first kappa shape index (κ1) is 21.7. The Labute approximate surface area is 184 Å². The first-order chi connectivity index (χ1) is 15.2. The highest BCUT2D eigenvalue weighted by Crippen LogP contribution is 2.44. The van der Waals surface area contributed by atoms with E-state index in [0.717, 1.165) is 10.9 Å². The highest BCUT2D eigenvalue weighted by molar-refractivity contribution is 7.90. The Bertz CT molecular complexity index is 1360. The van der Waals surface area contributed by atoms with Crippen LogP contribution in [0.2, 0.25) is 0 Å². The predicted molar refractivity (Wildman–Crippen MR) is 114 cm³/mol. The molecule has 0 spiro atoms. The van der Waals surface area contributed by atoms with Gasteiger partial charge in [-0.25, -0.2) is 22.2 Å². The number of carbonyl (C=O) groups excluding carboxylic acids is 2. The van der Waals surface area contributed by atoms with E-state index in [1.54, 1.807) is 37.3 Å². The predicted octanol–water partition coefficient (Wildman–Crippen LogP) is 2.33. The van der Waals surface area contributed by atoms with Gasteiger partial charge in [0.2, 0.25) is 0 Å². The minimum atomic E-state index is -4.26. The van der Waals surface area contributed by atoms with Crippen molar-refractivity contribution in [3.63, 3.8) is 0 Å². The van der Waals surface area contributed by atoms with Gasteiger partial charge in [0, 0.05) is 29.6 Å². The van der Waals surface area contributed by atoms with E-state index in [4.69, 9.17) is 9.47 Å². The number of hydrogen-bond acceptors (Lipinski definition) is 8. The number of aliphatic hydroxyl groups is 1. The first-order valence-electron chi connectivity index (χ1n) is 9.79. The monoisotopic (exact) mass is 456 g/mol. The topological polar surface area (TPSA) is 125 Å². The van der Waals surface area contributed by atoms with Crippen molar-refractivity contribution in [3.8, 4) is 0 Å². The van der Waals surface area contributed by atoms with Gasteiger partial charge in [0.15, 0.2) is 5.65 Å². The molecule has 3 aromatic rings. The van der Waals surface area contributed by atoms with Gasteiger partial charge in [-0.2, -0.15) is 0 Å². The summed E-state index contributed by atoms with van der Waals surface area (Å²) < 4.78 is 38.4. The van der Waals surface area contributed by atoms with Gasteiger partial charge in [0.05, 0.1) is 17.9 Å². The maximum atomic E-state index is 13.6. The molecule has 32 heavy (non-hydrogen) atoms. The molecule has 0 aliphatic heterocycles. The SMILES string of the molecule is CCOC(=O)C1=Cc2c(n(S(=O)(=O)c3ccccc3)c3ncccc23)C(O)(OC(C)=O)C1. The number of hydrogen-bond donors (Lipinski definition) is 1. The van der Waals surface area contributed by atoms with Crippen molar-refractivity contribution in [2.45, 2.75) is 31.0 Å². The smallest absolute Gasteiger partial charge is 0.334 e. The Hall–Kier alpha value is -3.50. The Morgan fingerprint density at radius 2 is 1.91 bits per heavy atom. The highest BCUT2D eigenvalue weighted by Gasteiger charge is 2.47. The first-order valence-corrected chi connectivity index (χ1v) is 11.2.